The van der Waals surface area contributed by atoms with E-state index in [0.717, 1.165) is 16.8 Å². The Morgan fingerprint density at radius 1 is 1.24 bits per heavy atom. The molecule has 110 valence electrons. The number of benzene rings is 1. The summed E-state index contributed by atoms with van der Waals surface area (Å²) in [5, 5.41) is 12.1. The highest BCUT2D eigenvalue weighted by Gasteiger charge is 2.33. The van der Waals surface area contributed by atoms with Crippen LogP contribution >= 0.6 is 0 Å². The van der Waals surface area contributed by atoms with Crippen LogP contribution in [-0.4, -0.2) is 21.5 Å². The van der Waals surface area contributed by atoms with Crippen molar-refractivity contribution in [2.45, 2.75) is 12.7 Å². The molecule has 2 rings (SSSR count). The largest absolute Gasteiger partial charge is 0.435 e. The first kappa shape index (κ1) is 15.1. The third-order valence-electron chi connectivity index (χ3n) is 2.64. The molecule has 0 aliphatic rings. The molecular formula is C14H10F4N2O. The van der Waals surface area contributed by atoms with Gasteiger partial charge in [-0.1, -0.05) is 17.9 Å². The number of rotatable bonds is 2. The SMILES string of the molecule is OCC#Cc1cc(F)ccc1Cn1ccc(C(F)(F)F)n1. The second-order valence-electron chi connectivity index (χ2n) is 4.16. The Balaban J connectivity index is 2.29. The van der Waals surface area contributed by atoms with Gasteiger partial charge in [0.15, 0.2) is 5.69 Å². The Labute approximate surface area is 117 Å². The highest BCUT2D eigenvalue weighted by molar-refractivity contribution is 5.42. The molecular weight excluding hydrogens is 288 g/mol. The maximum Gasteiger partial charge on any atom is 0.435 e. The summed E-state index contributed by atoms with van der Waals surface area (Å²) in [5.41, 5.74) is -0.185. The van der Waals surface area contributed by atoms with Crippen LogP contribution in [0.5, 0.6) is 0 Å². The van der Waals surface area contributed by atoms with Crippen LogP contribution in [0, 0.1) is 17.7 Å². The summed E-state index contributed by atoms with van der Waals surface area (Å²) in [7, 11) is 0. The molecule has 1 aromatic heterocycles. The lowest BCUT2D eigenvalue weighted by Crippen LogP contribution is -2.09. The third-order valence-corrected chi connectivity index (χ3v) is 2.64. The van der Waals surface area contributed by atoms with Crippen LogP contribution in [0.4, 0.5) is 17.6 Å². The molecule has 21 heavy (non-hydrogen) atoms. The molecule has 1 N–H and O–H groups in total. The van der Waals surface area contributed by atoms with Gasteiger partial charge >= 0.3 is 6.18 Å². The van der Waals surface area contributed by atoms with E-state index in [0.29, 0.717) is 11.1 Å². The third kappa shape index (κ3) is 3.83. The highest BCUT2D eigenvalue weighted by atomic mass is 19.4. The molecule has 3 nitrogen and oxygen atoms in total. The lowest BCUT2D eigenvalue weighted by molar-refractivity contribution is -0.141. The van der Waals surface area contributed by atoms with Crippen molar-refractivity contribution in [2.24, 2.45) is 0 Å². The van der Waals surface area contributed by atoms with Crippen LogP contribution < -0.4 is 0 Å². The Bertz CT molecular complexity index is 695. The number of aromatic nitrogens is 2. The summed E-state index contributed by atoms with van der Waals surface area (Å²) in [4.78, 5) is 0. The van der Waals surface area contributed by atoms with Crippen molar-refractivity contribution < 1.29 is 22.7 Å². The molecule has 0 radical (unpaired) electrons. The standard InChI is InChI=1S/C14H10F4N2O/c15-12-4-3-11(10(8-12)2-1-7-21)9-20-6-5-13(19-20)14(16,17)18/h3-6,8,21H,7,9H2. The molecule has 0 atom stereocenters. The number of hydrogen-bond acceptors (Lipinski definition) is 2. The van der Waals surface area contributed by atoms with Crippen LogP contribution in [0.1, 0.15) is 16.8 Å². The van der Waals surface area contributed by atoms with Gasteiger partial charge in [0.25, 0.3) is 0 Å². The summed E-state index contributed by atoms with van der Waals surface area (Å²) in [5.74, 6) is 4.42. The average Bonchev–Trinajstić information content (AvgIpc) is 2.87. The first-order valence-corrected chi connectivity index (χ1v) is 5.89. The molecule has 0 unspecified atom stereocenters. The highest BCUT2D eigenvalue weighted by Crippen LogP contribution is 2.27. The zero-order valence-corrected chi connectivity index (χ0v) is 10.7. The smallest absolute Gasteiger partial charge is 0.384 e. The zero-order chi connectivity index (χ0) is 15.5. The fraction of sp³-hybridized carbons (Fsp3) is 0.214. The van der Waals surface area contributed by atoms with Gasteiger partial charge in [-0.3, -0.25) is 4.68 Å². The molecule has 0 amide bonds. The molecule has 0 saturated heterocycles. The summed E-state index contributed by atoms with van der Waals surface area (Å²) >= 11 is 0. The van der Waals surface area contributed by atoms with Crippen LogP contribution in [0.25, 0.3) is 0 Å². The topological polar surface area (TPSA) is 38.0 Å². The van der Waals surface area contributed by atoms with Crippen molar-refractivity contribution in [3.63, 3.8) is 0 Å². The lowest BCUT2D eigenvalue weighted by Gasteiger charge is -2.06. The number of hydrogen-bond donors (Lipinski definition) is 1. The van der Waals surface area contributed by atoms with Crippen molar-refractivity contribution in [1.29, 1.82) is 0 Å². The van der Waals surface area contributed by atoms with Gasteiger partial charge in [-0.25, -0.2) is 4.39 Å². The van der Waals surface area contributed by atoms with Gasteiger partial charge in [-0.05, 0) is 23.8 Å². The summed E-state index contributed by atoms with van der Waals surface area (Å²) in [6.07, 6.45) is -3.32. The lowest BCUT2D eigenvalue weighted by atomic mass is 10.1. The summed E-state index contributed by atoms with van der Waals surface area (Å²) in [6.45, 7) is -0.373. The predicted octanol–water partition coefficient (Wildman–Crippen LogP) is 2.43. The van der Waals surface area contributed by atoms with E-state index in [1.165, 1.54) is 18.3 Å². The number of halogens is 4. The van der Waals surface area contributed by atoms with Crippen LogP contribution in [0.15, 0.2) is 30.5 Å². The van der Waals surface area contributed by atoms with Crippen molar-refractivity contribution >= 4 is 0 Å². The fourth-order valence-corrected chi connectivity index (χ4v) is 1.71. The van der Waals surface area contributed by atoms with Gasteiger partial charge in [0.2, 0.25) is 0 Å². The van der Waals surface area contributed by atoms with E-state index >= 15 is 0 Å². The minimum atomic E-state index is -4.51. The van der Waals surface area contributed by atoms with E-state index in [1.54, 1.807) is 0 Å². The second kappa shape index (κ2) is 5.97. The van der Waals surface area contributed by atoms with Crippen molar-refractivity contribution in [2.75, 3.05) is 6.61 Å². The molecule has 0 aliphatic heterocycles. The van der Waals surface area contributed by atoms with E-state index in [2.05, 4.69) is 16.9 Å². The van der Waals surface area contributed by atoms with E-state index in [-0.39, 0.29) is 6.54 Å². The maximum absolute atomic E-state index is 13.2. The van der Waals surface area contributed by atoms with Gasteiger partial charge in [0.1, 0.15) is 12.4 Å². The zero-order valence-electron chi connectivity index (χ0n) is 10.7. The first-order valence-electron chi connectivity index (χ1n) is 5.89. The monoisotopic (exact) mass is 298 g/mol. The van der Waals surface area contributed by atoms with Gasteiger partial charge in [-0.15, -0.1) is 0 Å². The molecule has 0 aliphatic carbocycles. The Hall–Kier alpha value is -2.33. The maximum atomic E-state index is 13.2. The minimum absolute atomic E-state index is 0.0196. The van der Waals surface area contributed by atoms with Crippen molar-refractivity contribution in [1.82, 2.24) is 9.78 Å². The van der Waals surface area contributed by atoms with E-state index < -0.39 is 24.3 Å². The molecule has 0 spiro atoms. The average molecular weight is 298 g/mol. The number of aliphatic hydroxyl groups excluding tert-OH is 1. The van der Waals surface area contributed by atoms with Gasteiger partial charge < -0.3 is 5.11 Å². The Morgan fingerprint density at radius 2 is 2.00 bits per heavy atom. The molecule has 1 heterocycles. The van der Waals surface area contributed by atoms with Gasteiger partial charge in [0, 0.05) is 11.8 Å². The van der Waals surface area contributed by atoms with Crippen molar-refractivity contribution in [3.05, 3.63) is 53.1 Å². The van der Waals surface area contributed by atoms with Crippen LogP contribution in [0.3, 0.4) is 0 Å². The summed E-state index contributed by atoms with van der Waals surface area (Å²) < 4.78 is 51.7. The Morgan fingerprint density at radius 3 is 2.62 bits per heavy atom. The number of aliphatic hydroxyl groups is 1. The Kier molecular flexibility index (Phi) is 4.29. The quantitative estimate of drug-likeness (QED) is 0.683. The van der Waals surface area contributed by atoms with Crippen LogP contribution in [0.2, 0.25) is 0 Å². The molecule has 0 saturated carbocycles. The van der Waals surface area contributed by atoms with E-state index in [1.807, 2.05) is 0 Å². The molecule has 0 fully saturated rings. The summed E-state index contributed by atoms with van der Waals surface area (Å²) in [6, 6.07) is 4.63. The molecule has 7 heteroatoms. The van der Waals surface area contributed by atoms with Gasteiger partial charge in [0.05, 0.1) is 6.54 Å². The van der Waals surface area contributed by atoms with Gasteiger partial charge in [-0.2, -0.15) is 18.3 Å². The molecule has 1 aromatic carbocycles. The van der Waals surface area contributed by atoms with Crippen LogP contribution in [-0.2, 0) is 12.7 Å². The van der Waals surface area contributed by atoms with E-state index in [9.17, 15) is 17.6 Å². The van der Waals surface area contributed by atoms with Crippen molar-refractivity contribution in [3.8, 4) is 11.8 Å². The first-order chi connectivity index (χ1) is 9.90. The number of nitrogens with zero attached hydrogens (tertiary/aromatic N) is 2. The molecule has 0 bridgehead atoms. The molecule has 2 aromatic rings. The fourth-order valence-electron chi connectivity index (χ4n) is 1.71. The number of alkyl halides is 3. The van der Waals surface area contributed by atoms with E-state index in [4.69, 9.17) is 5.11 Å². The predicted molar refractivity (Wildman–Crippen MR) is 66.7 cm³/mol. The second-order valence-corrected chi connectivity index (χ2v) is 4.16. The normalized spacial score (nSPS) is 11.1. The minimum Gasteiger partial charge on any atom is -0.384 e.